The van der Waals surface area contributed by atoms with Crippen molar-refractivity contribution < 1.29 is 9.90 Å². The van der Waals surface area contributed by atoms with E-state index in [9.17, 15) is 4.79 Å². The number of fused-ring (bicyclic) bond motifs is 1. The topological polar surface area (TPSA) is 63.1 Å². The quantitative estimate of drug-likeness (QED) is 0.767. The molecule has 1 heterocycles. The SMILES string of the molecule is Cc1nc(C(=O)O)c2c(C)cccc2n1. The van der Waals surface area contributed by atoms with E-state index in [0.717, 1.165) is 5.56 Å². The molecule has 0 unspecified atom stereocenters. The van der Waals surface area contributed by atoms with Gasteiger partial charge in [-0.3, -0.25) is 0 Å². The zero-order chi connectivity index (χ0) is 11.0. The molecule has 2 rings (SSSR count). The highest BCUT2D eigenvalue weighted by Gasteiger charge is 2.13. The van der Waals surface area contributed by atoms with Crippen LogP contribution in [0.2, 0.25) is 0 Å². The van der Waals surface area contributed by atoms with Gasteiger partial charge >= 0.3 is 5.97 Å². The molecule has 0 saturated heterocycles. The van der Waals surface area contributed by atoms with Gasteiger partial charge in [0.2, 0.25) is 0 Å². The summed E-state index contributed by atoms with van der Waals surface area (Å²) in [5.41, 5.74) is 1.64. The zero-order valence-electron chi connectivity index (χ0n) is 8.48. The van der Waals surface area contributed by atoms with Crippen molar-refractivity contribution in [3.8, 4) is 0 Å². The largest absolute Gasteiger partial charge is 0.476 e. The lowest BCUT2D eigenvalue weighted by Crippen LogP contribution is -2.05. The summed E-state index contributed by atoms with van der Waals surface area (Å²) < 4.78 is 0. The zero-order valence-corrected chi connectivity index (χ0v) is 8.48. The molecule has 0 spiro atoms. The summed E-state index contributed by atoms with van der Waals surface area (Å²) in [5.74, 6) is -0.537. The van der Waals surface area contributed by atoms with E-state index in [1.54, 1.807) is 13.0 Å². The average Bonchev–Trinajstić information content (AvgIpc) is 2.16. The fourth-order valence-corrected chi connectivity index (χ4v) is 1.63. The molecule has 4 nitrogen and oxygen atoms in total. The molecule has 76 valence electrons. The molecule has 15 heavy (non-hydrogen) atoms. The molecular formula is C11H10N2O2. The molecule has 0 fully saturated rings. The molecule has 0 amide bonds. The molecule has 0 aliphatic heterocycles. The number of aromatic nitrogens is 2. The van der Waals surface area contributed by atoms with Gasteiger partial charge in [-0.25, -0.2) is 14.8 Å². The number of carboxylic acid groups (broad SMARTS) is 1. The first-order chi connectivity index (χ1) is 7.09. The summed E-state index contributed by atoms with van der Waals surface area (Å²) >= 11 is 0. The molecule has 1 aromatic heterocycles. The molecular weight excluding hydrogens is 192 g/mol. The maximum atomic E-state index is 11.0. The Morgan fingerprint density at radius 2 is 2.00 bits per heavy atom. The van der Waals surface area contributed by atoms with Gasteiger partial charge in [0.15, 0.2) is 5.69 Å². The molecule has 1 N–H and O–H groups in total. The number of carboxylic acids is 1. The summed E-state index contributed by atoms with van der Waals surface area (Å²) in [4.78, 5) is 19.2. The number of aryl methyl sites for hydroxylation is 2. The highest BCUT2D eigenvalue weighted by molar-refractivity contribution is 6.01. The van der Waals surface area contributed by atoms with Gasteiger partial charge in [-0.2, -0.15) is 0 Å². The van der Waals surface area contributed by atoms with Crippen LogP contribution in [0.25, 0.3) is 10.9 Å². The van der Waals surface area contributed by atoms with Gasteiger partial charge in [0.1, 0.15) is 5.82 Å². The van der Waals surface area contributed by atoms with Gasteiger partial charge in [-0.05, 0) is 25.5 Å². The molecule has 0 bridgehead atoms. The minimum atomic E-state index is -1.01. The second kappa shape index (κ2) is 3.31. The van der Waals surface area contributed by atoms with E-state index in [0.29, 0.717) is 16.7 Å². The third-order valence-electron chi connectivity index (χ3n) is 2.25. The highest BCUT2D eigenvalue weighted by Crippen LogP contribution is 2.19. The number of hydrogen-bond donors (Lipinski definition) is 1. The Bertz CT molecular complexity index is 550. The van der Waals surface area contributed by atoms with E-state index in [4.69, 9.17) is 5.11 Å². The lowest BCUT2D eigenvalue weighted by Gasteiger charge is -2.05. The summed E-state index contributed by atoms with van der Waals surface area (Å²) in [7, 11) is 0. The van der Waals surface area contributed by atoms with Crippen molar-refractivity contribution in [1.29, 1.82) is 0 Å². The first-order valence-electron chi connectivity index (χ1n) is 4.57. The van der Waals surface area contributed by atoms with Crippen molar-refractivity contribution in [1.82, 2.24) is 9.97 Å². The van der Waals surface area contributed by atoms with E-state index in [1.165, 1.54) is 0 Å². The van der Waals surface area contributed by atoms with Gasteiger partial charge < -0.3 is 5.11 Å². The van der Waals surface area contributed by atoms with E-state index in [2.05, 4.69) is 9.97 Å². The fraction of sp³-hybridized carbons (Fsp3) is 0.182. The van der Waals surface area contributed by atoms with E-state index < -0.39 is 5.97 Å². The maximum Gasteiger partial charge on any atom is 0.355 e. The van der Waals surface area contributed by atoms with Gasteiger partial charge in [0, 0.05) is 5.39 Å². The number of nitrogens with zero attached hydrogens (tertiary/aromatic N) is 2. The van der Waals surface area contributed by atoms with Crippen molar-refractivity contribution in [3.05, 3.63) is 35.3 Å². The summed E-state index contributed by atoms with van der Waals surface area (Å²) in [6, 6.07) is 5.51. The standard InChI is InChI=1S/C11H10N2O2/c1-6-4-3-5-8-9(6)10(11(14)15)13-7(2)12-8/h3-5H,1-2H3,(H,14,15). The van der Waals surface area contributed by atoms with Crippen LogP contribution >= 0.6 is 0 Å². The Morgan fingerprint density at radius 1 is 1.27 bits per heavy atom. The number of hydrogen-bond acceptors (Lipinski definition) is 3. The maximum absolute atomic E-state index is 11.0. The number of benzene rings is 1. The molecule has 0 aliphatic carbocycles. The summed E-state index contributed by atoms with van der Waals surface area (Å²) in [5, 5.41) is 9.66. The highest BCUT2D eigenvalue weighted by atomic mass is 16.4. The third-order valence-corrected chi connectivity index (χ3v) is 2.25. The first-order valence-corrected chi connectivity index (χ1v) is 4.57. The van der Waals surface area contributed by atoms with Crippen LogP contribution in [0, 0.1) is 13.8 Å². The van der Waals surface area contributed by atoms with Gasteiger partial charge in [0.25, 0.3) is 0 Å². The monoisotopic (exact) mass is 202 g/mol. The van der Waals surface area contributed by atoms with Crippen LogP contribution in [-0.2, 0) is 0 Å². The van der Waals surface area contributed by atoms with Crippen molar-refractivity contribution in [2.45, 2.75) is 13.8 Å². The van der Waals surface area contributed by atoms with E-state index >= 15 is 0 Å². The van der Waals surface area contributed by atoms with Crippen LogP contribution in [0.5, 0.6) is 0 Å². The van der Waals surface area contributed by atoms with E-state index in [-0.39, 0.29) is 5.69 Å². The molecule has 0 radical (unpaired) electrons. The van der Waals surface area contributed by atoms with Crippen LogP contribution in [0.4, 0.5) is 0 Å². The molecule has 1 aromatic carbocycles. The molecule has 0 saturated carbocycles. The Morgan fingerprint density at radius 3 is 2.67 bits per heavy atom. The van der Waals surface area contributed by atoms with Crippen LogP contribution in [-0.4, -0.2) is 21.0 Å². The molecule has 2 aromatic rings. The first kappa shape index (κ1) is 9.58. The number of rotatable bonds is 1. The normalized spacial score (nSPS) is 10.5. The smallest absolute Gasteiger partial charge is 0.355 e. The van der Waals surface area contributed by atoms with Crippen LogP contribution in [0.3, 0.4) is 0 Å². The van der Waals surface area contributed by atoms with Crippen LogP contribution < -0.4 is 0 Å². The Labute approximate surface area is 86.6 Å². The summed E-state index contributed by atoms with van der Waals surface area (Å²) in [6.45, 7) is 3.54. The van der Waals surface area contributed by atoms with Gasteiger partial charge in [0.05, 0.1) is 5.52 Å². The number of carbonyl (C=O) groups is 1. The van der Waals surface area contributed by atoms with Crippen molar-refractivity contribution in [3.63, 3.8) is 0 Å². The summed E-state index contributed by atoms with van der Waals surface area (Å²) in [6.07, 6.45) is 0. The van der Waals surface area contributed by atoms with E-state index in [1.807, 2.05) is 19.1 Å². The fourth-order valence-electron chi connectivity index (χ4n) is 1.63. The molecule has 4 heteroatoms. The molecule has 0 atom stereocenters. The predicted molar refractivity (Wildman–Crippen MR) is 56.0 cm³/mol. The van der Waals surface area contributed by atoms with Crippen molar-refractivity contribution in [2.75, 3.05) is 0 Å². The lowest BCUT2D eigenvalue weighted by atomic mass is 10.1. The van der Waals surface area contributed by atoms with Crippen LogP contribution in [0.15, 0.2) is 18.2 Å². The van der Waals surface area contributed by atoms with Crippen LogP contribution in [0.1, 0.15) is 21.9 Å². The Hall–Kier alpha value is -1.97. The molecule has 0 aliphatic rings. The van der Waals surface area contributed by atoms with Gasteiger partial charge in [-0.15, -0.1) is 0 Å². The van der Waals surface area contributed by atoms with Crippen molar-refractivity contribution in [2.24, 2.45) is 0 Å². The Kier molecular flexibility index (Phi) is 2.11. The Balaban J connectivity index is 2.94. The second-order valence-electron chi connectivity index (χ2n) is 3.39. The average molecular weight is 202 g/mol. The minimum Gasteiger partial charge on any atom is -0.476 e. The third kappa shape index (κ3) is 1.54. The predicted octanol–water partition coefficient (Wildman–Crippen LogP) is 1.94. The minimum absolute atomic E-state index is 0.0793. The second-order valence-corrected chi connectivity index (χ2v) is 3.39. The lowest BCUT2D eigenvalue weighted by molar-refractivity contribution is 0.0692. The van der Waals surface area contributed by atoms with Gasteiger partial charge in [-0.1, -0.05) is 12.1 Å². The number of aromatic carboxylic acids is 1. The van der Waals surface area contributed by atoms with Crippen molar-refractivity contribution >= 4 is 16.9 Å².